The molecule has 1 aromatic rings. The van der Waals surface area contributed by atoms with Crippen molar-refractivity contribution in [3.63, 3.8) is 0 Å². The molecule has 0 amide bonds. The van der Waals surface area contributed by atoms with Crippen molar-refractivity contribution in [3.8, 4) is 11.5 Å². The van der Waals surface area contributed by atoms with Gasteiger partial charge in [0, 0.05) is 17.5 Å². The second kappa shape index (κ2) is 4.49. The number of thioether (sulfide) groups is 1. The Morgan fingerprint density at radius 2 is 2.12 bits per heavy atom. The highest BCUT2D eigenvalue weighted by Crippen LogP contribution is 2.33. The Morgan fingerprint density at radius 3 is 2.88 bits per heavy atom. The van der Waals surface area contributed by atoms with E-state index in [2.05, 4.69) is 17.2 Å². The van der Waals surface area contributed by atoms with Gasteiger partial charge in [0.05, 0.1) is 6.04 Å². The van der Waals surface area contributed by atoms with Crippen LogP contribution in [0.1, 0.15) is 6.92 Å². The Balaban J connectivity index is 1.77. The normalized spacial score (nSPS) is 22.2. The van der Waals surface area contributed by atoms with E-state index in [9.17, 15) is 0 Å². The second-order valence-electron chi connectivity index (χ2n) is 4.08. The Bertz CT molecular complexity index is 462. The molecule has 1 unspecified atom stereocenters. The summed E-state index contributed by atoms with van der Waals surface area (Å²) in [4.78, 5) is 4.49. The summed E-state index contributed by atoms with van der Waals surface area (Å²) in [6, 6.07) is 6.28. The molecular formula is C12H14N2O2S. The lowest BCUT2D eigenvalue weighted by Gasteiger charge is -2.19. The van der Waals surface area contributed by atoms with Crippen LogP contribution in [0.2, 0.25) is 0 Å². The Labute approximate surface area is 104 Å². The predicted molar refractivity (Wildman–Crippen MR) is 70.4 cm³/mol. The molecule has 90 valence electrons. The van der Waals surface area contributed by atoms with Crippen LogP contribution < -0.4 is 14.8 Å². The van der Waals surface area contributed by atoms with Gasteiger partial charge in [-0.25, -0.2) is 0 Å². The van der Waals surface area contributed by atoms with Crippen molar-refractivity contribution in [2.75, 3.05) is 24.3 Å². The number of aliphatic imine (C=N–C) groups is 1. The van der Waals surface area contributed by atoms with Crippen LogP contribution >= 0.6 is 11.8 Å². The average molecular weight is 250 g/mol. The second-order valence-corrected chi connectivity index (χ2v) is 5.09. The molecule has 2 aliphatic rings. The molecule has 4 nitrogen and oxygen atoms in total. The minimum absolute atomic E-state index is 0.403. The Morgan fingerprint density at radius 1 is 1.29 bits per heavy atom. The first-order valence-corrected chi connectivity index (χ1v) is 6.67. The lowest BCUT2D eigenvalue weighted by atomic mass is 10.2. The third kappa shape index (κ3) is 2.34. The van der Waals surface area contributed by atoms with Gasteiger partial charge in [0.2, 0.25) is 0 Å². The SMILES string of the molecule is CC1CSC(Nc2ccc3c(c2)OCCO3)=N1. The van der Waals surface area contributed by atoms with Gasteiger partial charge in [0.15, 0.2) is 16.7 Å². The zero-order valence-corrected chi connectivity index (χ0v) is 10.4. The molecule has 0 saturated heterocycles. The van der Waals surface area contributed by atoms with Gasteiger partial charge in [-0.05, 0) is 19.1 Å². The van der Waals surface area contributed by atoms with Crippen LogP contribution in [0.15, 0.2) is 23.2 Å². The van der Waals surface area contributed by atoms with Crippen molar-refractivity contribution in [2.45, 2.75) is 13.0 Å². The maximum absolute atomic E-state index is 5.54. The number of hydrogen-bond acceptors (Lipinski definition) is 5. The number of anilines is 1. The van der Waals surface area contributed by atoms with Gasteiger partial charge >= 0.3 is 0 Å². The topological polar surface area (TPSA) is 42.8 Å². The minimum Gasteiger partial charge on any atom is -0.486 e. The molecular weight excluding hydrogens is 236 g/mol. The smallest absolute Gasteiger partial charge is 0.163 e. The van der Waals surface area contributed by atoms with Crippen LogP contribution in [0.25, 0.3) is 0 Å². The van der Waals surface area contributed by atoms with E-state index in [1.807, 2.05) is 18.2 Å². The van der Waals surface area contributed by atoms with Crippen molar-refractivity contribution in [1.82, 2.24) is 0 Å². The maximum atomic E-state index is 5.54. The summed E-state index contributed by atoms with van der Waals surface area (Å²) in [5.74, 6) is 2.67. The van der Waals surface area contributed by atoms with E-state index in [4.69, 9.17) is 9.47 Å². The molecule has 0 saturated carbocycles. The molecule has 5 heteroatoms. The zero-order chi connectivity index (χ0) is 11.7. The average Bonchev–Trinajstić information content (AvgIpc) is 2.75. The van der Waals surface area contributed by atoms with Crippen LogP contribution in [-0.2, 0) is 0 Å². The van der Waals surface area contributed by atoms with E-state index in [-0.39, 0.29) is 0 Å². The van der Waals surface area contributed by atoms with E-state index in [1.54, 1.807) is 11.8 Å². The lowest BCUT2D eigenvalue weighted by molar-refractivity contribution is 0.171. The highest BCUT2D eigenvalue weighted by Gasteiger charge is 2.16. The molecule has 0 spiro atoms. The molecule has 1 atom stereocenters. The lowest BCUT2D eigenvalue weighted by Crippen LogP contribution is -2.15. The summed E-state index contributed by atoms with van der Waals surface area (Å²) in [6.45, 7) is 3.36. The number of hydrogen-bond donors (Lipinski definition) is 1. The summed E-state index contributed by atoms with van der Waals surface area (Å²) < 4.78 is 11.0. The molecule has 2 heterocycles. The molecule has 1 N–H and O–H groups in total. The minimum atomic E-state index is 0.403. The van der Waals surface area contributed by atoms with E-state index in [0.29, 0.717) is 19.3 Å². The quantitative estimate of drug-likeness (QED) is 0.831. The van der Waals surface area contributed by atoms with Crippen LogP contribution in [-0.4, -0.2) is 30.2 Å². The van der Waals surface area contributed by atoms with Gasteiger partial charge in [-0.3, -0.25) is 4.99 Å². The van der Waals surface area contributed by atoms with Gasteiger partial charge in [-0.2, -0.15) is 0 Å². The van der Waals surface area contributed by atoms with Gasteiger partial charge in [-0.1, -0.05) is 11.8 Å². The molecule has 0 bridgehead atoms. The Hall–Kier alpha value is -1.36. The molecule has 1 aromatic carbocycles. The van der Waals surface area contributed by atoms with Crippen LogP contribution in [0.3, 0.4) is 0 Å². The van der Waals surface area contributed by atoms with Gasteiger partial charge in [-0.15, -0.1) is 0 Å². The van der Waals surface area contributed by atoms with Crippen molar-refractivity contribution < 1.29 is 9.47 Å². The molecule has 2 aliphatic heterocycles. The summed E-state index contributed by atoms with van der Waals surface area (Å²) in [5, 5.41) is 4.28. The first-order valence-electron chi connectivity index (χ1n) is 5.68. The van der Waals surface area contributed by atoms with Crippen LogP contribution in [0.5, 0.6) is 11.5 Å². The third-order valence-corrected chi connectivity index (χ3v) is 3.72. The summed E-state index contributed by atoms with van der Waals surface area (Å²) in [6.07, 6.45) is 0. The summed E-state index contributed by atoms with van der Waals surface area (Å²) in [5.41, 5.74) is 0.995. The van der Waals surface area contributed by atoms with Gasteiger partial charge in [0.25, 0.3) is 0 Å². The molecule has 0 aliphatic carbocycles. The van der Waals surface area contributed by atoms with Crippen LogP contribution in [0, 0.1) is 0 Å². The summed E-state index contributed by atoms with van der Waals surface area (Å²) in [7, 11) is 0. The molecule has 0 aromatic heterocycles. The standard InChI is InChI=1S/C12H14N2O2S/c1-8-7-17-12(13-8)14-9-2-3-10-11(6-9)16-5-4-15-10/h2-3,6,8H,4-5,7H2,1H3,(H,13,14). The molecule has 17 heavy (non-hydrogen) atoms. The number of amidine groups is 1. The van der Waals surface area contributed by atoms with Gasteiger partial charge in [0.1, 0.15) is 13.2 Å². The number of fused-ring (bicyclic) bond motifs is 1. The van der Waals surface area contributed by atoms with E-state index >= 15 is 0 Å². The fourth-order valence-corrected chi connectivity index (χ4v) is 2.71. The van der Waals surface area contributed by atoms with Gasteiger partial charge < -0.3 is 14.8 Å². The van der Waals surface area contributed by atoms with E-state index in [1.165, 1.54) is 0 Å². The first-order chi connectivity index (χ1) is 8.31. The molecule has 0 radical (unpaired) electrons. The van der Waals surface area contributed by atoms with E-state index in [0.717, 1.165) is 28.1 Å². The monoisotopic (exact) mass is 250 g/mol. The highest BCUT2D eigenvalue weighted by atomic mass is 32.2. The zero-order valence-electron chi connectivity index (χ0n) is 9.60. The highest BCUT2D eigenvalue weighted by molar-refractivity contribution is 8.14. The summed E-state index contributed by atoms with van der Waals surface area (Å²) >= 11 is 1.75. The largest absolute Gasteiger partial charge is 0.486 e. The number of nitrogens with one attached hydrogen (secondary N) is 1. The predicted octanol–water partition coefficient (Wildman–Crippen LogP) is 2.36. The molecule has 0 fully saturated rings. The number of benzene rings is 1. The van der Waals surface area contributed by atoms with Crippen molar-refractivity contribution in [2.24, 2.45) is 4.99 Å². The van der Waals surface area contributed by atoms with E-state index < -0.39 is 0 Å². The Kier molecular flexibility index (Phi) is 2.84. The fraction of sp³-hybridized carbons (Fsp3) is 0.417. The van der Waals surface area contributed by atoms with Crippen molar-refractivity contribution >= 4 is 22.6 Å². The van der Waals surface area contributed by atoms with Crippen LogP contribution in [0.4, 0.5) is 5.69 Å². The maximum Gasteiger partial charge on any atom is 0.163 e. The number of rotatable bonds is 1. The number of nitrogens with zero attached hydrogens (tertiary/aromatic N) is 1. The number of ether oxygens (including phenoxy) is 2. The first kappa shape index (κ1) is 10.8. The fourth-order valence-electron chi connectivity index (χ4n) is 1.79. The van der Waals surface area contributed by atoms with Crippen molar-refractivity contribution in [3.05, 3.63) is 18.2 Å². The van der Waals surface area contributed by atoms with Crippen molar-refractivity contribution in [1.29, 1.82) is 0 Å². The molecule has 3 rings (SSSR count). The third-order valence-electron chi connectivity index (χ3n) is 2.59.